The smallest absolute Gasteiger partial charge is 0.0965 e. The van der Waals surface area contributed by atoms with Gasteiger partial charge in [0.05, 0.1) is 17.4 Å². The third-order valence-electron chi connectivity index (χ3n) is 3.01. The van der Waals surface area contributed by atoms with Gasteiger partial charge in [0, 0.05) is 22.3 Å². The third kappa shape index (κ3) is 3.64. The number of thiophene rings is 1. The van der Waals surface area contributed by atoms with Crippen molar-refractivity contribution in [1.29, 1.82) is 0 Å². The van der Waals surface area contributed by atoms with Crippen LogP contribution in [0.3, 0.4) is 0 Å². The van der Waals surface area contributed by atoms with Crippen LogP contribution in [0.25, 0.3) is 0 Å². The van der Waals surface area contributed by atoms with Gasteiger partial charge in [0.15, 0.2) is 0 Å². The Hall–Kier alpha value is -1.20. The van der Waals surface area contributed by atoms with Gasteiger partial charge in [-0.1, -0.05) is 5.21 Å². The highest BCUT2D eigenvalue weighted by Crippen LogP contribution is 2.22. The highest BCUT2D eigenvalue weighted by Gasteiger charge is 2.15. The molecule has 104 valence electrons. The fourth-order valence-electron chi connectivity index (χ4n) is 1.75. The minimum absolute atomic E-state index is 0.0122. The Labute approximate surface area is 118 Å². The number of rotatable bonds is 4. The summed E-state index contributed by atoms with van der Waals surface area (Å²) in [4.78, 5) is 2.71. The fourth-order valence-corrected chi connectivity index (χ4v) is 2.66. The number of nitrogens with one attached hydrogen (secondary N) is 1. The first-order valence-corrected chi connectivity index (χ1v) is 7.39. The van der Waals surface area contributed by atoms with E-state index in [1.165, 1.54) is 9.75 Å². The number of aryl methyl sites for hydroxylation is 1. The summed E-state index contributed by atoms with van der Waals surface area (Å²) >= 11 is 1.84. The van der Waals surface area contributed by atoms with Gasteiger partial charge in [0.2, 0.25) is 0 Å². The molecule has 2 aromatic heterocycles. The molecule has 0 saturated heterocycles. The topological polar surface area (TPSA) is 42.7 Å². The molecule has 0 saturated carbocycles. The number of nitrogens with zero attached hydrogens (tertiary/aromatic N) is 3. The van der Waals surface area contributed by atoms with Gasteiger partial charge < -0.3 is 5.32 Å². The molecule has 1 unspecified atom stereocenters. The lowest BCUT2D eigenvalue weighted by molar-refractivity contribution is 0.347. The summed E-state index contributed by atoms with van der Waals surface area (Å²) in [5.74, 6) is 0. The normalized spacial score (nSPS) is 13.7. The van der Waals surface area contributed by atoms with Crippen LogP contribution in [0.1, 0.15) is 49.2 Å². The third-order valence-corrected chi connectivity index (χ3v) is 4.19. The van der Waals surface area contributed by atoms with Crippen LogP contribution in [-0.4, -0.2) is 15.0 Å². The van der Waals surface area contributed by atoms with E-state index in [2.05, 4.69) is 62.4 Å². The fraction of sp³-hybridized carbons (Fsp3) is 0.571. The summed E-state index contributed by atoms with van der Waals surface area (Å²) in [6.45, 7) is 11.4. The van der Waals surface area contributed by atoms with E-state index in [0.717, 1.165) is 12.2 Å². The Morgan fingerprint density at radius 3 is 2.63 bits per heavy atom. The average molecular weight is 278 g/mol. The Balaban J connectivity index is 1.94. The predicted octanol–water partition coefficient (Wildman–Crippen LogP) is 3.25. The van der Waals surface area contributed by atoms with Gasteiger partial charge in [-0.25, -0.2) is 4.68 Å². The molecule has 2 rings (SSSR count). The highest BCUT2D eigenvalue weighted by atomic mass is 32.1. The molecule has 0 aliphatic rings. The summed E-state index contributed by atoms with van der Waals surface area (Å²) in [6.07, 6.45) is 2.01. The van der Waals surface area contributed by atoms with Crippen molar-refractivity contribution in [3.63, 3.8) is 0 Å². The molecule has 0 aromatic carbocycles. The van der Waals surface area contributed by atoms with E-state index in [4.69, 9.17) is 0 Å². The minimum atomic E-state index is -0.0122. The molecule has 5 heteroatoms. The molecule has 0 bridgehead atoms. The minimum Gasteiger partial charge on any atom is -0.304 e. The molecule has 1 N–H and O–H groups in total. The molecule has 0 aliphatic carbocycles. The van der Waals surface area contributed by atoms with Crippen molar-refractivity contribution in [1.82, 2.24) is 20.3 Å². The van der Waals surface area contributed by atoms with E-state index in [-0.39, 0.29) is 5.54 Å². The second-order valence-electron chi connectivity index (χ2n) is 5.88. The number of hydrogen-bond acceptors (Lipinski definition) is 4. The monoisotopic (exact) mass is 278 g/mol. The second kappa shape index (κ2) is 5.43. The van der Waals surface area contributed by atoms with Gasteiger partial charge in [0.1, 0.15) is 0 Å². The Morgan fingerprint density at radius 2 is 2.11 bits per heavy atom. The van der Waals surface area contributed by atoms with Gasteiger partial charge in [-0.2, -0.15) is 0 Å². The van der Waals surface area contributed by atoms with Crippen LogP contribution in [0.15, 0.2) is 18.3 Å². The van der Waals surface area contributed by atoms with Gasteiger partial charge in [-0.05, 0) is 46.8 Å². The van der Waals surface area contributed by atoms with E-state index < -0.39 is 0 Å². The maximum absolute atomic E-state index is 4.21. The van der Waals surface area contributed by atoms with Crippen molar-refractivity contribution < 1.29 is 0 Å². The Morgan fingerprint density at radius 1 is 1.37 bits per heavy atom. The molecule has 2 heterocycles. The van der Waals surface area contributed by atoms with Crippen LogP contribution in [0.2, 0.25) is 0 Å². The van der Waals surface area contributed by atoms with E-state index >= 15 is 0 Å². The zero-order chi connectivity index (χ0) is 14.0. The lowest BCUT2D eigenvalue weighted by Crippen LogP contribution is -2.22. The zero-order valence-electron chi connectivity index (χ0n) is 12.3. The zero-order valence-corrected chi connectivity index (χ0v) is 13.1. The van der Waals surface area contributed by atoms with Crippen molar-refractivity contribution in [2.75, 3.05) is 0 Å². The summed E-state index contributed by atoms with van der Waals surface area (Å²) in [5, 5.41) is 11.9. The lowest BCUT2D eigenvalue weighted by atomic mass is 10.1. The van der Waals surface area contributed by atoms with E-state index in [1.807, 2.05) is 22.2 Å². The van der Waals surface area contributed by atoms with Crippen molar-refractivity contribution in [3.8, 4) is 0 Å². The van der Waals surface area contributed by atoms with Crippen molar-refractivity contribution >= 4 is 11.3 Å². The van der Waals surface area contributed by atoms with Gasteiger partial charge in [-0.3, -0.25) is 0 Å². The Kier molecular flexibility index (Phi) is 4.06. The predicted molar refractivity (Wildman–Crippen MR) is 79.3 cm³/mol. The first-order chi connectivity index (χ1) is 8.86. The quantitative estimate of drug-likeness (QED) is 0.933. The Bertz CT molecular complexity index is 536. The van der Waals surface area contributed by atoms with Crippen molar-refractivity contribution in [3.05, 3.63) is 33.8 Å². The standard InChI is InChI=1S/C14H22N4S/c1-10-6-7-13(19-10)11(2)15-8-12-9-18(17-16-12)14(3,4)5/h6-7,9,11,15H,8H2,1-5H3. The first kappa shape index (κ1) is 14.2. The molecular weight excluding hydrogens is 256 g/mol. The maximum atomic E-state index is 4.21. The molecule has 0 aliphatic heterocycles. The largest absolute Gasteiger partial charge is 0.304 e. The molecule has 0 amide bonds. The van der Waals surface area contributed by atoms with Crippen LogP contribution in [0, 0.1) is 6.92 Å². The van der Waals surface area contributed by atoms with Crippen LogP contribution in [-0.2, 0) is 12.1 Å². The maximum Gasteiger partial charge on any atom is 0.0965 e. The van der Waals surface area contributed by atoms with Crippen LogP contribution >= 0.6 is 11.3 Å². The molecule has 19 heavy (non-hydrogen) atoms. The average Bonchev–Trinajstić information content (AvgIpc) is 2.93. The van der Waals surface area contributed by atoms with Crippen LogP contribution in [0.4, 0.5) is 0 Å². The van der Waals surface area contributed by atoms with Crippen molar-refractivity contribution in [2.24, 2.45) is 0 Å². The molecule has 1 atom stereocenters. The van der Waals surface area contributed by atoms with Crippen LogP contribution < -0.4 is 5.32 Å². The molecule has 0 fully saturated rings. The molecule has 4 nitrogen and oxygen atoms in total. The SMILES string of the molecule is Cc1ccc(C(C)NCc2cn(C(C)(C)C)nn2)s1. The second-order valence-corrected chi connectivity index (χ2v) is 7.20. The first-order valence-electron chi connectivity index (χ1n) is 6.57. The number of hydrogen-bond donors (Lipinski definition) is 1. The van der Waals surface area contributed by atoms with Gasteiger partial charge >= 0.3 is 0 Å². The van der Waals surface area contributed by atoms with E-state index in [9.17, 15) is 0 Å². The van der Waals surface area contributed by atoms with E-state index in [1.54, 1.807) is 0 Å². The highest BCUT2D eigenvalue weighted by molar-refractivity contribution is 7.12. The molecule has 2 aromatic rings. The van der Waals surface area contributed by atoms with Gasteiger partial charge in [0.25, 0.3) is 0 Å². The number of aromatic nitrogens is 3. The lowest BCUT2D eigenvalue weighted by Gasteiger charge is -2.17. The molecule has 0 spiro atoms. The summed E-state index contributed by atoms with van der Waals surface area (Å²) in [6, 6.07) is 4.69. The summed E-state index contributed by atoms with van der Waals surface area (Å²) < 4.78 is 1.91. The molecular formula is C14H22N4S. The summed E-state index contributed by atoms with van der Waals surface area (Å²) in [7, 11) is 0. The van der Waals surface area contributed by atoms with E-state index in [0.29, 0.717) is 6.04 Å². The van der Waals surface area contributed by atoms with Gasteiger partial charge in [-0.15, -0.1) is 16.4 Å². The van der Waals surface area contributed by atoms with Crippen LogP contribution in [0.5, 0.6) is 0 Å². The summed E-state index contributed by atoms with van der Waals surface area (Å²) in [5.41, 5.74) is 0.969. The molecule has 0 radical (unpaired) electrons. The van der Waals surface area contributed by atoms with Crippen molar-refractivity contribution in [2.45, 2.75) is 52.7 Å².